The van der Waals surface area contributed by atoms with E-state index in [1.165, 1.54) is 11.1 Å². The van der Waals surface area contributed by atoms with Gasteiger partial charge in [-0.1, -0.05) is 56.3 Å². The Morgan fingerprint density at radius 2 is 1.60 bits per heavy atom. The van der Waals surface area contributed by atoms with Crippen molar-refractivity contribution in [1.82, 2.24) is 9.55 Å². The van der Waals surface area contributed by atoms with Crippen LogP contribution in [0.3, 0.4) is 0 Å². The zero-order valence-corrected chi connectivity index (χ0v) is 15.4. The van der Waals surface area contributed by atoms with Crippen LogP contribution in [-0.4, -0.2) is 9.55 Å². The van der Waals surface area contributed by atoms with Gasteiger partial charge in [-0.05, 0) is 43.4 Å². The molecule has 0 spiro atoms. The van der Waals surface area contributed by atoms with Gasteiger partial charge in [0.15, 0.2) is 0 Å². The lowest BCUT2D eigenvalue weighted by atomic mass is 9.86. The van der Waals surface area contributed by atoms with Gasteiger partial charge in [0.05, 0.1) is 5.69 Å². The summed E-state index contributed by atoms with van der Waals surface area (Å²) in [5.41, 5.74) is 3.71. The lowest BCUT2D eigenvalue weighted by Gasteiger charge is -2.26. The van der Waals surface area contributed by atoms with Gasteiger partial charge in [0.25, 0.3) is 0 Å². The number of rotatable bonds is 5. The predicted molar refractivity (Wildman–Crippen MR) is 102 cm³/mol. The first kappa shape index (κ1) is 17.4. The van der Waals surface area contributed by atoms with E-state index in [9.17, 15) is 0 Å². The van der Waals surface area contributed by atoms with Crippen molar-refractivity contribution in [3.63, 3.8) is 0 Å². The van der Waals surface area contributed by atoms with Crippen LogP contribution in [0.15, 0.2) is 54.9 Å². The Bertz CT molecular complexity index is 855. The summed E-state index contributed by atoms with van der Waals surface area (Å²) in [4.78, 5) is 4.58. The van der Waals surface area contributed by atoms with Crippen LogP contribution in [0.5, 0.6) is 0 Å². The molecule has 3 rings (SSSR count). The maximum Gasteiger partial charge on any atom is 0.144 e. The Kier molecular flexibility index (Phi) is 4.76. The van der Waals surface area contributed by atoms with Crippen LogP contribution in [0.25, 0.3) is 17.1 Å². The zero-order valence-electron chi connectivity index (χ0n) is 15.4. The number of hydrogen-bond acceptors (Lipinski definition) is 1. The topological polar surface area (TPSA) is 17.8 Å². The zero-order chi connectivity index (χ0) is 18.0. The molecule has 0 aliphatic rings. The van der Waals surface area contributed by atoms with E-state index in [0.29, 0.717) is 12.8 Å². The largest absolute Gasteiger partial charge is 0.299 e. The van der Waals surface area contributed by atoms with Crippen LogP contribution in [0.4, 0.5) is 4.39 Å². The second-order valence-corrected chi connectivity index (χ2v) is 6.58. The van der Waals surface area contributed by atoms with Crippen molar-refractivity contribution in [2.24, 2.45) is 0 Å². The summed E-state index contributed by atoms with van der Waals surface area (Å²) in [6.07, 6.45) is 4.64. The molecule has 2 aromatic carbocycles. The van der Waals surface area contributed by atoms with Gasteiger partial charge in [-0.15, -0.1) is 0 Å². The molecular formula is C22H25FN2. The fraction of sp³-hybridized carbons (Fsp3) is 0.318. The van der Waals surface area contributed by atoms with Gasteiger partial charge < -0.3 is 0 Å². The van der Waals surface area contributed by atoms with Crippen molar-refractivity contribution in [1.29, 1.82) is 0 Å². The fourth-order valence-electron chi connectivity index (χ4n) is 3.57. The van der Waals surface area contributed by atoms with Crippen molar-refractivity contribution in [2.75, 3.05) is 0 Å². The monoisotopic (exact) mass is 336 g/mol. The van der Waals surface area contributed by atoms with E-state index in [4.69, 9.17) is 0 Å². The molecule has 0 atom stereocenters. The highest BCUT2D eigenvalue weighted by Gasteiger charge is 2.31. The molecule has 3 aromatic rings. The molecule has 130 valence electrons. The maximum atomic E-state index is 15.5. The van der Waals surface area contributed by atoms with Gasteiger partial charge in [0.1, 0.15) is 11.5 Å². The molecule has 1 heterocycles. The van der Waals surface area contributed by atoms with E-state index < -0.39 is 5.67 Å². The van der Waals surface area contributed by atoms with E-state index in [1.807, 2.05) is 44.3 Å². The summed E-state index contributed by atoms with van der Waals surface area (Å²) in [5.74, 6) is 0.789. The predicted octanol–water partition coefficient (Wildman–Crippen LogP) is 6.14. The molecule has 0 radical (unpaired) electrons. The van der Waals surface area contributed by atoms with E-state index in [2.05, 4.69) is 41.6 Å². The minimum absolute atomic E-state index is 0.449. The molecule has 0 saturated heterocycles. The van der Waals surface area contributed by atoms with Crippen LogP contribution in [0, 0.1) is 13.8 Å². The molecule has 3 heteroatoms. The number of halogens is 1. The van der Waals surface area contributed by atoms with Gasteiger partial charge in [0.2, 0.25) is 0 Å². The summed E-state index contributed by atoms with van der Waals surface area (Å²) in [5, 5.41) is 0. The van der Waals surface area contributed by atoms with Crippen LogP contribution in [0.2, 0.25) is 0 Å². The summed E-state index contributed by atoms with van der Waals surface area (Å²) < 4.78 is 17.6. The molecule has 0 bridgehead atoms. The third-order valence-corrected chi connectivity index (χ3v) is 5.09. The number of imidazole rings is 1. The molecule has 2 nitrogen and oxygen atoms in total. The first-order chi connectivity index (χ1) is 12.0. The Morgan fingerprint density at radius 3 is 2.24 bits per heavy atom. The molecule has 0 unspecified atom stereocenters. The molecule has 0 N–H and O–H groups in total. The summed E-state index contributed by atoms with van der Waals surface area (Å²) >= 11 is 0. The number of alkyl halides is 1. The highest BCUT2D eigenvalue weighted by Crippen LogP contribution is 2.39. The van der Waals surface area contributed by atoms with E-state index >= 15 is 4.39 Å². The molecule has 0 aliphatic heterocycles. The number of benzene rings is 2. The second kappa shape index (κ2) is 6.83. The van der Waals surface area contributed by atoms with Crippen LogP contribution in [0.1, 0.15) is 43.4 Å². The molecule has 0 amide bonds. The lowest BCUT2D eigenvalue weighted by molar-refractivity contribution is 0.152. The lowest BCUT2D eigenvalue weighted by Crippen LogP contribution is -2.19. The average Bonchev–Trinajstić information content (AvgIpc) is 3.10. The van der Waals surface area contributed by atoms with Crippen LogP contribution in [-0.2, 0) is 5.67 Å². The highest BCUT2D eigenvalue weighted by molar-refractivity contribution is 5.66. The van der Waals surface area contributed by atoms with Crippen LogP contribution < -0.4 is 0 Å². The van der Waals surface area contributed by atoms with Crippen molar-refractivity contribution >= 4 is 0 Å². The molecule has 0 aliphatic carbocycles. The van der Waals surface area contributed by atoms with Gasteiger partial charge >= 0.3 is 0 Å². The molecule has 0 saturated carbocycles. The van der Waals surface area contributed by atoms with E-state index in [1.54, 1.807) is 6.20 Å². The normalized spacial score (nSPS) is 11.7. The van der Waals surface area contributed by atoms with Crippen molar-refractivity contribution < 1.29 is 4.39 Å². The van der Waals surface area contributed by atoms with Gasteiger partial charge in [0, 0.05) is 18.0 Å². The smallest absolute Gasteiger partial charge is 0.144 e. The Balaban J connectivity index is 2.24. The Labute approximate surface area is 149 Å². The average molecular weight is 336 g/mol. The highest BCUT2D eigenvalue weighted by atomic mass is 19.1. The van der Waals surface area contributed by atoms with Crippen molar-refractivity contribution in [3.8, 4) is 17.1 Å². The fourth-order valence-corrected chi connectivity index (χ4v) is 3.57. The quantitative estimate of drug-likeness (QED) is 0.547. The number of aryl methyl sites for hydroxylation is 2. The third kappa shape index (κ3) is 2.99. The Morgan fingerprint density at radius 1 is 0.960 bits per heavy atom. The van der Waals surface area contributed by atoms with Gasteiger partial charge in [-0.25, -0.2) is 9.37 Å². The minimum Gasteiger partial charge on any atom is -0.299 e. The molecule has 1 aromatic heterocycles. The van der Waals surface area contributed by atoms with E-state index in [0.717, 1.165) is 22.6 Å². The standard InChI is InChI=1S/C22H25FN2/c1-5-22(23,6-2)19-13-8-7-12-18(19)21-24-14-15-25(21)20-16(3)10-9-11-17(20)4/h7-15H,5-6H2,1-4H3. The first-order valence-corrected chi connectivity index (χ1v) is 8.90. The van der Waals surface area contributed by atoms with Crippen LogP contribution >= 0.6 is 0 Å². The third-order valence-electron chi connectivity index (χ3n) is 5.09. The first-order valence-electron chi connectivity index (χ1n) is 8.90. The van der Waals surface area contributed by atoms with Gasteiger partial charge in [-0.3, -0.25) is 4.57 Å². The number of para-hydroxylation sites is 1. The Hall–Kier alpha value is -2.42. The number of aromatic nitrogens is 2. The maximum absolute atomic E-state index is 15.5. The second-order valence-electron chi connectivity index (χ2n) is 6.58. The molecule has 0 fully saturated rings. The summed E-state index contributed by atoms with van der Waals surface area (Å²) in [6.45, 7) is 7.99. The summed E-state index contributed by atoms with van der Waals surface area (Å²) in [6, 6.07) is 14.0. The van der Waals surface area contributed by atoms with Gasteiger partial charge in [-0.2, -0.15) is 0 Å². The SMILES string of the molecule is CCC(F)(CC)c1ccccc1-c1nccn1-c1c(C)cccc1C. The molecular weight excluding hydrogens is 311 g/mol. The van der Waals surface area contributed by atoms with E-state index in [-0.39, 0.29) is 0 Å². The summed E-state index contributed by atoms with van der Waals surface area (Å²) in [7, 11) is 0. The minimum atomic E-state index is -1.34. The van der Waals surface area contributed by atoms with Crippen molar-refractivity contribution in [2.45, 2.75) is 46.2 Å². The number of nitrogens with zero attached hydrogens (tertiary/aromatic N) is 2. The van der Waals surface area contributed by atoms with Crippen molar-refractivity contribution in [3.05, 3.63) is 71.5 Å². The molecule has 25 heavy (non-hydrogen) atoms. The number of hydrogen-bond donors (Lipinski definition) is 0.